The third kappa shape index (κ3) is 3.68. The van der Waals surface area contributed by atoms with Crippen molar-refractivity contribution in [2.24, 2.45) is 0 Å². The van der Waals surface area contributed by atoms with E-state index in [4.69, 9.17) is 4.74 Å². The number of para-hydroxylation sites is 1. The molecule has 0 aliphatic carbocycles. The van der Waals surface area contributed by atoms with Crippen molar-refractivity contribution < 1.29 is 9.53 Å². The van der Waals surface area contributed by atoms with Crippen LogP contribution in [-0.4, -0.2) is 21.5 Å². The number of aromatic nitrogens is 2. The Bertz CT molecular complexity index is 930. The molecule has 0 aliphatic rings. The van der Waals surface area contributed by atoms with Gasteiger partial charge in [-0.15, -0.1) is 11.8 Å². The standard InChI is InChI=1S/C21H22N2O2S/c1-5-26-19-9-7-6-8-18(19)23-16(4)20(15(3)22-23)25-21(24)17-12-10-14(2)11-13-17/h6-13H,5H2,1-4H3. The minimum absolute atomic E-state index is 0.369. The van der Waals surface area contributed by atoms with Crippen molar-refractivity contribution in [2.45, 2.75) is 32.6 Å². The summed E-state index contributed by atoms with van der Waals surface area (Å²) < 4.78 is 7.53. The van der Waals surface area contributed by atoms with Gasteiger partial charge in [0, 0.05) is 4.90 Å². The first kappa shape index (κ1) is 18.3. The Hall–Kier alpha value is -2.53. The topological polar surface area (TPSA) is 44.1 Å². The van der Waals surface area contributed by atoms with Crippen LogP contribution in [0.25, 0.3) is 5.69 Å². The summed E-state index contributed by atoms with van der Waals surface area (Å²) in [5.41, 5.74) is 4.14. The van der Waals surface area contributed by atoms with E-state index in [1.807, 2.05) is 55.8 Å². The van der Waals surface area contributed by atoms with E-state index in [0.717, 1.165) is 27.6 Å². The quantitative estimate of drug-likeness (QED) is 0.464. The molecule has 3 rings (SSSR count). The third-order valence-corrected chi connectivity index (χ3v) is 5.05. The van der Waals surface area contributed by atoms with Crippen molar-refractivity contribution in [3.8, 4) is 11.4 Å². The molecule has 0 spiro atoms. The van der Waals surface area contributed by atoms with Gasteiger partial charge in [-0.25, -0.2) is 9.48 Å². The van der Waals surface area contributed by atoms with Crippen LogP contribution in [0.3, 0.4) is 0 Å². The van der Waals surface area contributed by atoms with Gasteiger partial charge < -0.3 is 4.74 Å². The monoisotopic (exact) mass is 366 g/mol. The Morgan fingerprint density at radius 2 is 1.77 bits per heavy atom. The number of hydrogen-bond donors (Lipinski definition) is 0. The maximum atomic E-state index is 12.5. The Morgan fingerprint density at radius 1 is 1.08 bits per heavy atom. The molecule has 4 nitrogen and oxygen atoms in total. The van der Waals surface area contributed by atoms with Crippen LogP contribution in [0.5, 0.6) is 5.75 Å². The van der Waals surface area contributed by atoms with Gasteiger partial charge in [0.2, 0.25) is 0 Å². The summed E-state index contributed by atoms with van der Waals surface area (Å²) in [5, 5.41) is 4.61. The molecule has 1 aromatic heterocycles. The molecule has 0 saturated carbocycles. The molecule has 0 fully saturated rings. The second-order valence-electron chi connectivity index (χ2n) is 6.07. The highest BCUT2D eigenvalue weighted by molar-refractivity contribution is 7.99. The van der Waals surface area contributed by atoms with Gasteiger partial charge in [-0.05, 0) is 50.8 Å². The predicted molar refractivity (Wildman–Crippen MR) is 106 cm³/mol. The molecule has 0 unspecified atom stereocenters. The first-order valence-electron chi connectivity index (χ1n) is 8.58. The zero-order valence-electron chi connectivity index (χ0n) is 15.4. The van der Waals surface area contributed by atoms with Crippen molar-refractivity contribution >= 4 is 17.7 Å². The van der Waals surface area contributed by atoms with Crippen molar-refractivity contribution in [1.29, 1.82) is 0 Å². The van der Waals surface area contributed by atoms with Crippen LogP contribution >= 0.6 is 11.8 Å². The Kier molecular flexibility index (Phi) is 5.47. The van der Waals surface area contributed by atoms with Gasteiger partial charge >= 0.3 is 5.97 Å². The molecule has 1 heterocycles. The fourth-order valence-electron chi connectivity index (χ4n) is 2.76. The van der Waals surface area contributed by atoms with E-state index in [9.17, 15) is 4.79 Å². The van der Waals surface area contributed by atoms with Crippen LogP contribution < -0.4 is 4.74 Å². The molecule has 0 atom stereocenters. The normalized spacial score (nSPS) is 10.8. The van der Waals surface area contributed by atoms with Crippen molar-refractivity contribution in [2.75, 3.05) is 5.75 Å². The summed E-state index contributed by atoms with van der Waals surface area (Å²) in [6, 6.07) is 15.5. The summed E-state index contributed by atoms with van der Waals surface area (Å²) in [5.74, 6) is 1.13. The van der Waals surface area contributed by atoms with Gasteiger partial charge in [-0.1, -0.05) is 36.8 Å². The molecule has 0 aliphatic heterocycles. The van der Waals surface area contributed by atoms with Crippen LogP contribution in [0.1, 0.15) is 34.2 Å². The molecule has 5 heteroatoms. The van der Waals surface area contributed by atoms with E-state index >= 15 is 0 Å². The second-order valence-corrected chi connectivity index (χ2v) is 7.37. The lowest BCUT2D eigenvalue weighted by atomic mass is 10.1. The fourth-order valence-corrected chi connectivity index (χ4v) is 3.55. The highest BCUT2D eigenvalue weighted by Gasteiger charge is 2.19. The van der Waals surface area contributed by atoms with Crippen molar-refractivity contribution in [3.05, 3.63) is 71.0 Å². The number of carbonyl (C=O) groups excluding carboxylic acids is 1. The third-order valence-electron chi connectivity index (χ3n) is 4.10. The maximum absolute atomic E-state index is 12.5. The number of carbonyl (C=O) groups is 1. The Morgan fingerprint density at radius 3 is 2.46 bits per heavy atom. The summed E-state index contributed by atoms with van der Waals surface area (Å²) >= 11 is 1.76. The van der Waals surface area contributed by atoms with Crippen LogP contribution in [0.15, 0.2) is 53.4 Å². The zero-order chi connectivity index (χ0) is 18.7. The minimum atomic E-state index is -0.369. The molecule has 2 aromatic carbocycles. The average molecular weight is 366 g/mol. The van der Waals surface area contributed by atoms with Gasteiger partial charge in [-0.2, -0.15) is 5.10 Å². The van der Waals surface area contributed by atoms with Crippen LogP contribution in [0.4, 0.5) is 0 Å². The van der Waals surface area contributed by atoms with Crippen LogP contribution in [-0.2, 0) is 0 Å². The molecule has 26 heavy (non-hydrogen) atoms. The number of ether oxygens (including phenoxy) is 1. The zero-order valence-corrected chi connectivity index (χ0v) is 16.3. The number of benzene rings is 2. The number of nitrogens with zero attached hydrogens (tertiary/aromatic N) is 2. The average Bonchev–Trinajstić information content (AvgIpc) is 2.91. The van der Waals surface area contributed by atoms with E-state index < -0.39 is 0 Å². The molecular weight excluding hydrogens is 344 g/mol. The SMILES string of the molecule is CCSc1ccccc1-n1nc(C)c(OC(=O)c2ccc(C)cc2)c1C. The second kappa shape index (κ2) is 7.79. The van der Waals surface area contributed by atoms with E-state index in [0.29, 0.717) is 17.0 Å². The molecule has 0 N–H and O–H groups in total. The largest absolute Gasteiger partial charge is 0.419 e. The predicted octanol–water partition coefficient (Wildman–Crippen LogP) is 5.13. The van der Waals surface area contributed by atoms with E-state index in [1.165, 1.54) is 0 Å². The summed E-state index contributed by atoms with van der Waals surface area (Å²) in [4.78, 5) is 13.6. The Balaban J connectivity index is 1.94. The first-order valence-corrected chi connectivity index (χ1v) is 9.57. The number of thioether (sulfide) groups is 1. The molecule has 0 radical (unpaired) electrons. The molecule has 0 amide bonds. The molecule has 3 aromatic rings. The summed E-state index contributed by atoms with van der Waals surface area (Å²) in [6.45, 7) is 7.89. The molecule has 0 saturated heterocycles. The number of hydrogen-bond acceptors (Lipinski definition) is 4. The number of aryl methyl sites for hydroxylation is 2. The van der Waals surface area contributed by atoms with Crippen molar-refractivity contribution in [1.82, 2.24) is 9.78 Å². The van der Waals surface area contributed by atoms with Gasteiger partial charge in [0.05, 0.1) is 16.9 Å². The van der Waals surface area contributed by atoms with Crippen LogP contribution in [0.2, 0.25) is 0 Å². The van der Waals surface area contributed by atoms with Gasteiger partial charge in [0.15, 0.2) is 5.75 Å². The number of esters is 1. The first-order chi connectivity index (χ1) is 12.5. The number of rotatable bonds is 5. The summed E-state index contributed by atoms with van der Waals surface area (Å²) in [7, 11) is 0. The van der Waals surface area contributed by atoms with E-state index in [-0.39, 0.29) is 5.97 Å². The van der Waals surface area contributed by atoms with Crippen LogP contribution in [0, 0.1) is 20.8 Å². The molecule has 134 valence electrons. The summed E-state index contributed by atoms with van der Waals surface area (Å²) in [6.07, 6.45) is 0. The maximum Gasteiger partial charge on any atom is 0.343 e. The molecule has 0 bridgehead atoms. The molecular formula is C21H22N2O2S. The van der Waals surface area contributed by atoms with Crippen molar-refractivity contribution in [3.63, 3.8) is 0 Å². The van der Waals surface area contributed by atoms with E-state index in [2.05, 4.69) is 18.1 Å². The lowest BCUT2D eigenvalue weighted by Gasteiger charge is -2.10. The minimum Gasteiger partial charge on any atom is -0.419 e. The van der Waals surface area contributed by atoms with E-state index in [1.54, 1.807) is 23.9 Å². The highest BCUT2D eigenvalue weighted by Crippen LogP contribution is 2.31. The highest BCUT2D eigenvalue weighted by atomic mass is 32.2. The smallest absolute Gasteiger partial charge is 0.343 e. The van der Waals surface area contributed by atoms with Gasteiger partial charge in [0.25, 0.3) is 0 Å². The lowest BCUT2D eigenvalue weighted by Crippen LogP contribution is -2.09. The van der Waals surface area contributed by atoms with Gasteiger partial charge in [-0.3, -0.25) is 0 Å². The fraction of sp³-hybridized carbons (Fsp3) is 0.238. The van der Waals surface area contributed by atoms with Gasteiger partial charge in [0.1, 0.15) is 5.69 Å². The lowest BCUT2D eigenvalue weighted by molar-refractivity contribution is 0.0732. The Labute approximate surface area is 158 Å².